The first-order chi connectivity index (χ1) is 7.29. The predicted molar refractivity (Wildman–Crippen MR) is 51.0 cm³/mol. The molecular formula is C9H16F3NO3. The van der Waals surface area contributed by atoms with E-state index in [2.05, 4.69) is 5.32 Å². The van der Waals surface area contributed by atoms with Crippen LogP contribution in [0.5, 0.6) is 0 Å². The van der Waals surface area contributed by atoms with E-state index in [4.69, 9.17) is 10.2 Å². The van der Waals surface area contributed by atoms with Crippen LogP contribution >= 0.6 is 0 Å². The largest absolute Gasteiger partial charge is 0.480 e. The highest BCUT2D eigenvalue weighted by Crippen LogP contribution is 2.23. The molecule has 0 rings (SSSR count). The maximum absolute atomic E-state index is 11.9. The molecule has 0 bridgehead atoms. The van der Waals surface area contributed by atoms with E-state index in [0.717, 1.165) is 0 Å². The van der Waals surface area contributed by atoms with Gasteiger partial charge in [-0.15, -0.1) is 0 Å². The number of rotatable bonds is 7. The van der Waals surface area contributed by atoms with Crippen molar-refractivity contribution in [3.8, 4) is 0 Å². The molecule has 4 nitrogen and oxygen atoms in total. The first-order valence-corrected chi connectivity index (χ1v) is 4.94. The van der Waals surface area contributed by atoms with Gasteiger partial charge in [0.05, 0.1) is 0 Å². The minimum absolute atomic E-state index is 0.145. The zero-order valence-electron chi connectivity index (χ0n) is 8.92. The van der Waals surface area contributed by atoms with E-state index in [9.17, 15) is 18.0 Å². The molecule has 0 aromatic rings. The predicted octanol–water partition coefficient (Wildman–Crippen LogP) is 1.14. The van der Waals surface area contributed by atoms with Crippen molar-refractivity contribution in [3.63, 3.8) is 0 Å². The number of carboxylic acid groups (broad SMARTS) is 1. The van der Waals surface area contributed by atoms with Crippen molar-refractivity contribution < 1.29 is 28.2 Å². The Hall–Kier alpha value is -0.820. The summed E-state index contributed by atoms with van der Waals surface area (Å²) in [5, 5.41) is 19.8. The average molecular weight is 243 g/mol. The number of hydrogen-bond acceptors (Lipinski definition) is 3. The molecule has 0 amide bonds. The summed E-state index contributed by atoms with van der Waals surface area (Å²) in [4.78, 5) is 10.5. The zero-order chi connectivity index (χ0) is 12.8. The molecule has 0 aromatic carbocycles. The van der Waals surface area contributed by atoms with Crippen LogP contribution < -0.4 is 5.32 Å². The lowest BCUT2D eigenvalue weighted by molar-refractivity contribution is -0.205. The summed E-state index contributed by atoms with van der Waals surface area (Å²) in [5.74, 6) is -1.03. The minimum atomic E-state index is -4.59. The lowest BCUT2D eigenvalue weighted by Gasteiger charge is -2.15. The van der Waals surface area contributed by atoms with Gasteiger partial charge in [0.1, 0.15) is 12.1 Å². The second-order valence-corrected chi connectivity index (χ2v) is 3.52. The Bertz CT molecular complexity index is 221. The van der Waals surface area contributed by atoms with Crippen LogP contribution in [0.1, 0.15) is 25.7 Å². The summed E-state index contributed by atoms with van der Waals surface area (Å²) >= 11 is 0. The fraction of sp³-hybridized carbons (Fsp3) is 0.889. The Morgan fingerprint density at radius 1 is 1.31 bits per heavy atom. The van der Waals surface area contributed by atoms with Crippen molar-refractivity contribution >= 4 is 5.97 Å². The van der Waals surface area contributed by atoms with E-state index < -0.39 is 24.3 Å². The Morgan fingerprint density at radius 3 is 2.19 bits per heavy atom. The van der Waals surface area contributed by atoms with Gasteiger partial charge >= 0.3 is 12.1 Å². The molecule has 0 spiro atoms. The molecule has 96 valence electrons. The first-order valence-electron chi connectivity index (χ1n) is 4.94. The molecule has 0 saturated heterocycles. The number of carbonyl (C=O) groups is 1. The molecule has 0 aromatic heterocycles. The Balaban J connectivity index is 3.72. The van der Waals surface area contributed by atoms with Gasteiger partial charge in [0.25, 0.3) is 0 Å². The third-order valence-corrected chi connectivity index (χ3v) is 2.24. The number of aliphatic hydroxyl groups is 1. The maximum Gasteiger partial charge on any atom is 0.414 e. The number of aliphatic hydroxyl groups excluding tert-OH is 1. The van der Waals surface area contributed by atoms with E-state index in [1.807, 2.05) is 0 Å². The molecule has 0 heterocycles. The highest BCUT2D eigenvalue weighted by atomic mass is 19.4. The molecule has 0 aliphatic rings. The fourth-order valence-corrected chi connectivity index (χ4v) is 1.24. The van der Waals surface area contributed by atoms with Crippen molar-refractivity contribution in [1.29, 1.82) is 0 Å². The minimum Gasteiger partial charge on any atom is -0.480 e. The van der Waals surface area contributed by atoms with Crippen LogP contribution in [0, 0.1) is 0 Å². The number of halogens is 3. The number of hydrogen-bond donors (Lipinski definition) is 3. The Kier molecular flexibility index (Phi) is 6.35. The number of nitrogens with one attached hydrogen (secondary N) is 1. The summed E-state index contributed by atoms with van der Waals surface area (Å²) in [5.41, 5.74) is 0. The molecule has 0 saturated carbocycles. The van der Waals surface area contributed by atoms with E-state index in [1.165, 1.54) is 7.05 Å². The summed E-state index contributed by atoms with van der Waals surface area (Å²) in [6, 6.07) is -0.747. The molecule has 0 radical (unpaired) electrons. The molecular weight excluding hydrogens is 227 g/mol. The normalized spacial score (nSPS) is 15.8. The highest BCUT2D eigenvalue weighted by molar-refractivity contribution is 5.73. The first kappa shape index (κ1) is 15.2. The van der Waals surface area contributed by atoms with E-state index in [-0.39, 0.29) is 19.3 Å². The quantitative estimate of drug-likeness (QED) is 0.586. The van der Waals surface area contributed by atoms with Gasteiger partial charge in [-0.25, -0.2) is 0 Å². The monoisotopic (exact) mass is 243 g/mol. The second kappa shape index (κ2) is 6.70. The molecule has 16 heavy (non-hydrogen) atoms. The number of unbranched alkanes of at least 4 members (excludes halogenated alkanes) is 1. The van der Waals surface area contributed by atoms with Gasteiger partial charge in [0, 0.05) is 0 Å². The second-order valence-electron chi connectivity index (χ2n) is 3.52. The maximum atomic E-state index is 11.9. The lowest BCUT2D eigenvalue weighted by atomic mass is 10.1. The summed E-state index contributed by atoms with van der Waals surface area (Å²) in [6.07, 6.45) is -6.58. The van der Waals surface area contributed by atoms with Crippen LogP contribution in [0.4, 0.5) is 13.2 Å². The Morgan fingerprint density at radius 2 is 1.81 bits per heavy atom. The number of aliphatic carboxylic acids is 1. The van der Waals surface area contributed by atoms with Crippen LogP contribution in [0.3, 0.4) is 0 Å². The molecule has 1 unspecified atom stereocenters. The average Bonchev–Trinajstić information content (AvgIpc) is 2.15. The van der Waals surface area contributed by atoms with E-state index in [1.54, 1.807) is 0 Å². The lowest BCUT2D eigenvalue weighted by Crippen LogP contribution is -2.33. The highest BCUT2D eigenvalue weighted by Gasteiger charge is 2.37. The van der Waals surface area contributed by atoms with Crippen molar-refractivity contribution in [2.75, 3.05) is 7.05 Å². The summed E-state index contributed by atoms with van der Waals surface area (Å²) in [6.45, 7) is 0. The van der Waals surface area contributed by atoms with Crippen LogP contribution in [0.25, 0.3) is 0 Å². The zero-order valence-corrected chi connectivity index (χ0v) is 8.92. The standard InChI is InChI=1S/C9H16F3NO3/c1-13-6(8(15)16)4-2-3-5-7(14)9(10,11)12/h6-7,13-14H,2-5H2,1H3,(H,15,16)/t6-,7?/m0/s1. The topological polar surface area (TPSA) is 69.6 Å². The van der Waals surface area contributed by atoms with Crippen molar-refractivity contribution in [3.05, 3.63) is 0 Å². The van der Waals surface area contributed by atoms with Gasteiger partial charge in [-0.3, -0.25) is 4.79 Å². The van der Waals surface area contributed by atoms with Gasteiger partial charge in [0.2, 0.25) is 0 Å². The van der Waals surface area contributed by atoms with Gasteiger partial charge in [0.15, 0.2) is 0 Å². The van der Waals surface area contributed by atoms with E-state index in [0.29, 0.717) is 6.42 Å². The van der Waals surface area contributed by atoms with Crippen molar-refractivity contribution in [2.24, 2.45) is 0 Å². The summed E-state index contributed by atoms with van der Waals surface area (Å²) < 4.78 is 35.6. The molecule has 0 aliphatic heterocycles. The number of likely N-dealkylation sites (N-methyl/N-ethyl adjacent to an activating group) is 1. The SMILES string of the molecule is CN[C@@H](CCCCC(O)C(F)(F)F)C(=O)O. The molecule has 0 fully saturated rings. The number of carboxylic acids is 1. The van der Waals surface area contributed by atoms with Gasteiger partial charge in [-0.1, -0.05) is 12.8 Å². The molecule has 3 N–H and O–H groups in total. The smallest absolute Gasteiger partial charge is 0.414 e. The molecule has 2 atom stereocenters. The van der Waals surface area contributed by atoms with Crippen molar-refractivity contribution in [1.82, 2.24) is 5.32 Å². The molecule has 0 aliphatic carbocycles. The van der Waals surface area contributed by atoms with Gasteiger partial charge < -0.3 is 15.5 Å². The van der Waals surface area contributed by atoms with Crippen LogP contribution in [0.2, 0.25) is 0 Å². The Labute approximate surface area is 91.5 Å². The molecule has 7 heteroatoms. The number of alkyl halides is 3. The third kappa shape index (κ3) is 5.92. The van der Waals surface area contributed by atoms with Gasteiger partial charge in [-0.05, 0) is 19.9 Å². The fourth-order valence-electron chi connectivity index (χ4n) is 1.24. The van der Waals surface area contributed by atoms with Crippen LogP contribution in [-0.4, -0.2) is 41.6 Å². The van der Waals surface area contributed by atoms with Crippen molar-refractivity contribution in [2.45, 2.75) is 44.0 Å². The van der Waals surface area contributed by atoms with Crippen LogP contribution in [-0.2, 0) is 4.79 Å². The van der Waals surface area contributed by atoms with E-state index >= 15 is 0 Å². The van der Waals surface area contributed by atoms with Crippen LogP contribution in [0.15, 0.2) is 0 Å². The third-order valence-electron chi connectivity index (χ3n) is 2.24. The summed E-state index contributed by atoms with van der Waals surface area (Å²) in [7, 11) is 1.48. The van der Waals surface area contributed by atoms with Gasteiger partial charge in [-0.2, -0.15) is 13.2 Å².